The summed E-state index contributed by atoms with van der Waals surface area (Å²) in [5.41, 5.74) is 0. The largest absolute Gasteiger partial charge is 0.495 e. The van der Waals surface area contributed by atoms with Crippen LogP contribution in [0.15, 0.2) is 40.6 Å². The average Bonchev–Trinajstić information content (AvgIpc) is 3.38. The molecule has 2 heterocycles. The fraction of sp³-hybridized carbons (Fsp3) is 0.389. The quantitative estimate of drug-likeness (QED) is 0.822. The van der Waals surface area contributed by atoms with Gasteiger partial charge in [0.05, 0.1) is 12.0 Å². The number of carbonyl (C=O) groups excluding carboxylic acids is 1. The van der Waals surface area contributed by atoms with Gasteiger partial charge in [-0.1, -0.05) is 6.07 Å². The summed E-state index contributed by atoms with van der Waals surface area (Å²) >= 11 is 1.37. The first kappa shape index (κ1) is 18.4. The van der Waals surface area contributed by atoms with Crippen LogP contribution in [0.4, 0.5) is 4.39 Å². The van der Waals surface area contributed by atoms with Crippen molar-refractivity contribution in [1.29, 1.82) is 0 Å². The molecule has 0 spiro atoms. The SMILES string of the molecule is COc1ccc(F)cc1S(=O)(=O)N1CC2CC1CC2NC(=O)c1cccs1. The van der Waals surface area contributed by atoms with Crippen molar-refractivity contribution in [3.63, 3.8) is 0 Å². The fourth-order valence-corrected chi connectivity index (χ4v) is 6.51. The summed E-state index contributed by atoms with van der Waals surface area (Å²) in [7, 11) is -2.51. The molecule has 27 heavy (non-hydrogen) atoms. The van der Waals surface area contributed by atoms with Gasteiger partial charge in [0.25, 0.3) is 5.91 Å². The number of piperidine rings is 1. The Bertz CT molecular complexity index is 962. The molecule has 1 N–H and O–H groups in total. The van der Waals surface area contributed by atoms with Crippen molar-refractivity contribution in [3.05, 3.63) is 46.4 Å². The van der Waals surface area contributed by atoms with Crippen molar-refractivity contribution in [2.24, 2.45) is 5.92 Å². The molecule has 1 saturated carbocycles. The van der Waals surface area contributed by atoms with Gasteiger partial charge in [-0.05, 0) is 48.4 Å². The first-order valence-electron chi connectivity index (χ1n) is 8.60. The molecule has 4 rings (SSSR count). The Balaban J connectivity index is 1.51. The van der Waals surface area contributed by atoms with Gasteiger partial charge < -0.3 is 10.1 Å². The number of ether oxygens (including phenoxy) is 1. The molecule has 0 radical (unpaired) electrons. The number of benzene rings is 1. The predicted molar refractivity (Wildman–Crippen MR) is 98.9 cm³/mol. The molecule has 1 aromatic carbocycles. The summed E-state index contributed by atoms with van der Waals surface area (Å²) in [6.07, 6.45) is 1.24. The van der Waals surface area contributed by atoms with Crippen LogP contribution < -0.4 is 10.1 Å². The van der Waals surface area contributed by atoms with Crippen LogP contribution in [0.3, 0.4) is 0 Å². The number of carbonyl (C=O) groups is 1. The normalized spacial score (nSPS) is 24.9. The highest BCUT2D eigenvalue weighted by molar-refractivity contribution is 7.89. The molecule has 2 fully saturated rings. The van der Waals surface area contributed by atoms with Crippen LogP contribution >= 0.6 is 11.3 Å². The zero-order valence-electron chi connectivity index (χ0n) is 14.6. The van der Waals surface area contributed by atoms with Crippen molar-refractivity contribution in [3.8, 4) is 5.75 Å². The van der Waals surface area contributed by atoms with Gasteiger partial charge in [0, 0.05) is 18.6 Å². The molecule has 2 aromatic rings. The first-order valence-corrected chi connectivity index (χ1v) is 10.9. The summed E-state index contributed by atoms with van der Waals surface area (Å²) in [6.45, 7) is 0.308. The van der Waals surface area contributed by atoms with Gasteiger partial charge in [0.15, 0.2) is 0 Å². The van der Waals surface area contributed by atoms with E-state index in [1.54, 1.807) is 6.07 Å². The molecule has 1 aliphatic heterocycles. The minimum Gasteiger partial charge on any atom is -0.495 e. The molecule has 1 amide bonds. The topological polar surface area (TPSA) is 75.7 Å². The predicted octanol–water partition coefficient (Wildman–Crippen LogP) is 2.48. The maximum absolute atomic E-state index is 13.6. The molecule has 1 aliphatic carbocycles. The van der Waals surface area contributed by atoms with Gasteiger partial charge in [0.1, 0.15) is 16.5 Å². The number of thiophene rings is 1. The lowest BCUT2D eigenvalue weighted by Gasteiger charge is -2.31. The van der Waals surface area contributed by atoms with Gasteiger partial charge in [-0.2, -0.15) is 4.31 Å². The molecule has 1 saturated heterocycles. The van der Waals surface area contributed by atoms with Gasteiger partial charge >= 0.3 is 0 Å². The van der Waals surface area contributed by atoms with E-state index in [9.17, 15) is 17.6 Å². The second kappa shape index (κ2) is 6.88. The van der Waals surface area contributed by atoms with Crippen molar-refractivity contribution < 1.29 is 22.3 Å². The lowest BCUT2D eigenvalue weighted by atomic mass is 10.0. The van der Waals surface area contributed by atoms with Crippen LogP contribution in [0.25, 0.3) is 0 Å². The molecular weight excluding hydrogens is 391 g/mol. The third kappa shape index (κ3) is 3.24. The maximum Gasteiger partial charge on any atom is 0.261 e. The van der Waals surface area contributed by atoms with Crippen molar-refractivity contribution in [1.82, 2.24) is 9.62 Å². The highest BCUT2D eigenvalue weighted by Gasteiger charge is 2.50. The number of fused-ring (bicyclic) bond motifs is 2. The summed E-state index contributed by atoms with van der Waals surface area (Å²) in [5.74, 6) is -0.571. The molecule has 2 aliphatic rings. The number of hydrogen-bond acceptors (Lipinski definition) is 5. The Morgan fingerprint density at radius 3 is 2.78 bits per heavy atom. The van der Waals surface area contributed by atoms with Crippen LogP contribution in [0.2, 0.25) is 0 Å². The molecule has 3 unspecified atom stereocenters. The number of nitrogens with zero attached hydrogens (tertiary/aromatic N) is 1. The smallest absolute Gasteiger partial charge is 0.261 e. The first-order chi connectivity index (χ1) is 12.9. The van der Waals surface area contributed by atoms with Gasteiger partial charge in [0.2, 0.25) is 10.0 Å². The summed E-state index contributed by atoms with van der Waals surface area (Å²) in [4.78, 5) is 12.8. The third-order valence-electron chi connectivity index (χ3n) is 5.27. The van der Waals surface area contributed by atoms with E-state index in [1.807, 2.05) is 11.4 Å². The number of hydrogen-bond donors (Lipinski definition) is 1. The Labute approximate surface area is 161 Å². The van der Waals surface area contributed by atoms with Crippen LogP contribution in [0.5, 0.6) is 5.75 Å². The Morgan fingerprint density at radius 1 is 1.33 bits per heavy atom. The van der Waals surface area contributed by atoms with E-state index in [4.69, 9.17) is 4.74 Å². The Morgan fingerprint density at radius 2 is 2.15 bits per heavy atom. The molecule has 2 bridgehead atoms. The second-order valence-electron chi connectivity index (χ2n) is 6.81. The maximum atomic E-state index is 13.6. The highest BCUT2D eigenvalue weighted by atomic mass is 32.2. The molecule has 144 valence electrons. The number of sulfonamides is 1. The number of methoxy groups -OCH3 is 1. The van der Waals surface area contributed by atoms with Crippen molar-refractivity contribution in [2.45, 2.75) is 29.8 Å². The van der Waals surface area contributed by atoms with Gasteiger partial charge in [-0.25, -0.2) is 12.8 Å². The summed E-state index contributed by atoms with van der Waals surface area (Å²) in [5, 5.41) is 4.87. The van der Waals surface area contributed by atoms with E-state index >= 15 is 0 Å². The third-order valence-corrected chi connectivity index (χ3v) is 8.07. The fourth-order valence-electron chi connectivity index (χ4n) is 4.01. The minimum atomic E-state index is -3.87. The van der Waals surface area contributed by atoms with Crippen LogP contribution in [-0.4, -0.2) is 44.4 Å². The standard InChI is InChI=1S/C18H19FN2O4S2/c1-25-15-5-4-12(19)8-17(15)27(23,24)21-10-11-7-13(21)9-14(11)20-18(22)16-3-2-6-26-16/h2-6,8,11,13-14H,7,9-10H2,1H3,(H,20,22). The number of nitrogens with one attached hydrogen (secondary N) is 1. The molecule has 1 aromatic heterocycles. The molecule has 9 heteroatoms. The Hall–Kier alpha value is -1.97. The van der Waals surface area contributed by atoms with Crippen LogP contribution in [-0.2, 0) is 10.0 Å². The van der Waals surface area contributed by atoms with Gasteiger partial charge in [-0.3, -0.25) is 4.79 Å². The second-order valence-corrected chi connectivity index (χ2v) is 9.62. The molecule has 6 nitrogen and oxygen atoms in total. The Kier molecular flexibility index (Phi) is 4.69. The van der Waals surface area contributed by atoms with Crippen molar-refractivity contribution in [2.75, 3.05) is 13.7 Å². The van der Waals surface area contributed by atoms with Gasteiger partial charge in [-0.15, -0.1) is 11.3 Å². The van der Waals surface area contributed by atoms with Crippen LogP contribution in [0, 0.1) is 11.7 Å². The molecular formula is C18H19FN2O4S2. The van der Waals surface area contributed by atoms with E-state index < -0.39 is 15.8 Å². The number of rotatable bonds is 5. The number of amides is 1. The lowest BCUT2D eigenvalue weighted by molar-refractivity contribution is 0.0923. The summed E-state index contributed by atoms with van der Waals surface area (Å²) in [6, 6.07) is 6.81. The van der Waals surface area contributed by atoms with E-state index in [0.717, 1.165) is 6.07 Å². The lowest BCUT2D eigenvalue weighted by Crippen LogP contribution is -2.47. The van der Waals surface area contributed by atoms with Crippen molar-refractivity contribution >= 4 is 27.3 Å². The minimum absolute atomic E-state index is 0.0493. The zero-order chi connectivity index (χ0) is 19.2. The van der Waals surface area contributed by atoms with Crippen LogP contribution in [0.1, 0.15) is 22.5 Å². The monoisotopic (exact) mass is 410 g/mol. The van der Waals surface area contributed by atoms with E-state index in [0.29, 0.717) is 24.3 Å². The average molecular weight is 410 g/mol. The summed E-state index contributed by atoms with van der Waals surface area (Å²) < 4.78 is 46.3. The molecule has 3 atom stereocenters. The zero-order valence-corrected chi connectivity index (χ0v) is 16.2. The van der Waals surface area contributed by atoms with E-state index in [2.05, 4.69) is 5.32 Å². The van der Waals surface area contributed by atoms with E-state index in [-0.39, 0.29) is 34.6 Å². The highest BCUT2D eigenvalue weighted by Crippen LogP contribution is 2.42. The van der Waals surface area contributed by atoms with E-state index in [1.165, 1.54) is 34.9 Å². The number of halogens is 1.